The number of amides is 1. The van der Waals surface area contributed by atoms with Crippen LogP contribution in [-0.4, -0.2) is 22.9 Å². The van der Waals surface area contributed by atoms with Gasteiger partial charge in [0.25, 0.3) is 5.91 Å². The van der Waals surface area contributed by atoms with E-state index in [0.29, 0.717) is 20.2 Å². The van der Waals surface area contributed by atoms with Gasteiger partial charge in [-0.25, -0.2) is 9.82 Å². The van der Waals surface area contributed by atoms with Crippen molar-refractivity contribution in [3.8, 4) is 5.75 Å². The molecule has 0 spiro atoms. The number of benzene rings is 2. The number of nitrogens with zero attached hydrogens (tertiary/aromatic N) is 2. The van der Waals surface area contributed by atoms with Gasteiger partial charge in [0, 0.05) is 11.1 Å². The number of hydrazone groups is 1. The minimum absolute atomic E-state index is 0.0687. The minimum atomic E-state index is -0.539. The second-order valence-electron chi connectivity index (χ2n) is 7.71. The zero-order chi connectivity index (χ0) is 23.2. The molecule has 0 saturated heterocycles. The fourth-order valence-corrected chi connectivity index (χ4v) is 3.42. The highest BCUT2D eigenvalue weighted by Crippen LogP contribution is 2.32. The van der Waals surface area contributed by atoms with E-state index in [1.54, 1.807) is 24.3 Å². The molecule has 31 heavy (non-hydrogen) atoms. The lowest BCUT2D eigenvalue weighted by Gasteiger charge is -2.19. The first-order chi connectivity index (χ1) is 14.5. The van der Waals surface area contributed by atoms with Crippen LogP contribution in [0.25, 0.3) is 0 Å². The van der Waals surface area contributed by atoms with Crippen LogP contribution in [0.5, 0.6) is 5.75 Å². The maximum absolute atomic E-state index is 13.1. The normalized spacial score (nSPS) is 13.0. The number of aromatic hydroxyl groups is 1. The van der Waals surface area contributed by atoms with Crippen LogP contribution >= 0.6 is 31.9 Å². The summed E-state index contributed by atoms with van der Waals surface area (Å²) in [6.45, 7) is 5.95. The molecule has 2 aromatic rings. The van der Waals surface area contributed by atoms with E-state index in [0.717, 1.165) is 5.56 Å². The molecule has 6 nitrogen and oxygen atoms in total. The van der Waals surface area contributed by atoms with Gasteiger partial charge in [-0.3, -0.25) is 9.79 Å². The summed E-state index contributed by atoms with van der Waals surface area (Å²) in [6.07, 6.45) is 2.95. The third-order valence-electron chi connectivity index (χ3n) is 4.16. The highest BCUT2D eigenvalue weighted by molar-refractivity contribution is 9.11. The average Bonchev–Trinajstić information content (AvgIpc) is 2.69. The van der Waals surface area contributed by atoms with E-state index in [2.05, 4.69) is 47.4 Å². The SMILES string of the molecule is CC(C)(C)/C(N)=C/C(=NCc1ccc(F)cc1)C(=O)N/N=C/c1cc(Br)c(O)c(Br)c1. The number of allylic oxidation sites excluding steroid dienone is 1. The molecule has 0 fully saturated rings. The van der Waals surface area contributed by atoms with Gasteiger partial charge in [0.05, 0.1) is 21.7 Å². The summed E-state index contributed by atoms with van der Waals surface area (Å²) in [5.74, 6) is -0.814. The number of phenolic OH excluding ortho intramolecular Hbond substituents is 1. The highest BCUT2D eigenvalue weighted by atomic mass is 79.9. The molecule has 1 amide bonds. The molecular weight excluding hydrogens is 531 g/mol. The minimum Gasteiger partial charge on any atom is -0.506 e. The number of carbonyl (C=O) groups is 1. The van der Waals surface area contributed by atoms with Crippen LogP contribution in [0.4, 0.5) is 4.39 Å². The summed E-state index contributed by atoms with van der Waals surface area (Å²) in [7, 11) is 0. The summed E-state index contributed by atoms with van der Waals surface area (Å²) in [5, 5.41) is 13.7. The first-order valence-corrected chi connectivity index (χ1v) is 10.8. The Bertz CT molecular complexity index is 1020. The molecule has 164 valence electrons. The lowest BCUT2D eigenvalue weighted by atomic mass is 9.91. The van der Waals surface area contributed by atoms with E-state index < -0.39 is 5.91 Å². The molecule has 2 rings (SSSR count). The second kappa shape index (κ2) is 10.7. The van der Waals surface area contributed by atoms with Gasteiger partial charge >= 0.3 is 0 Å². The van der Waals surface area contributed by atoms with E-state index >= 15 is 0 Å². The largest absolute Gasteiger partial charge is 0.506 e. The van der Waals surface area contributed by atoms with Crippen molar-refractivity contribution in [1.82, 2.24) is 5.43 Å². The van der Waals surface area contributed by atoms with Gasteiger partial charge in [-0.05, 0) is 73.3 Å². The fourth-order valence-electron chi connectivity index (χ4n) is 2.20. The van der Waals surface area contributed by atoms with Crippen LogP contribution in [0.3, 0.4) is 0 Å². The Kier molecular flexibility index (Phi) is 8.52. The molecular formula is C22H23Br2FN4O2. The predicted molar refractivity (Wildman–Crippen MR) is 129 cm³/mol. The molecule has 0 aromatic heterocycles. The number of nitrogens with one attached hydrogen (secondary N) is 1. The topological polar surface area (TPSA) is 100 Å². The van der Waals surface area contributed by atoms with E-state index in [9.17, 15) is 14.3 Å². The van der Waals surface area contributed by atoms with Crippen molar-refractivity contribution in [3.63, 3.8) is 0 Å². The molecule has 0 atom stereocenters. The quantitative estimate of drug-likeness (QED) is 0.345. The number of hydrogen-bond acceptors (Lipinski definition) is 5. The summed E-state index contributed by atoms with van der Waals surface area (Å²) in [4.78, 5) is 17.0. The van der Waals surface area contributed by atoms with Gasteiger partial charge < -0.3 is 10.8 Å². The second-order valence-corrected chi connectivity index (χ2v) is 9.42. The molecule has 0 aliphatic carbocycles. The third kappa shape index (κ3) is 7.59. The van der Waals surface area contributed by atoms with Crippen molar-refractivity contribution in [1.29, 1.82) is 0 Å². The Labute approximate surface area is 197 Å². The van der Waals surface area contributed by atoms with Crippen LogP contribution < -0.4 is 11.2 Å². The van der Waals surface area contributed by atoms with Gasteiger partial charge in [0.1, 0.15) is 17.3 Å². The predicted octanol–water partition coefficient (Wildman–Crippen LogP) is 5.04. The Morgan fingerprint density at radius 2 is 1.77 bits per heavy atom. The number of phenols is 1. The van der Waals surface area contributed by atoms with Crippen molar-refractivity contribution >= 4 is 49.7 Å². The zero-order valence-corrected chi connectivity index (χ0v) is 20.5. The number of hydrogen-bond donors (Lipinski definition) is 3. The lowest BCUT2D eigenvalue weighted by Crippen LogP contribution is -2.28. The Balaban J connectivity index is 2.23. The fraction of sp³-hybridized carbons (Fsp3) is 0.227. The smallest absolute Gasteiger partial charge is 0.289 e. The Morgan fingerprint density at radius 1 is 1.19 bits per heavy atom. The summed E-state index contributed by atoms with van der Waals surface area (Å²) in [6, 6.07) is 9.17. The molecule has 0 saturated carbocycles. The van der Waals surface area contributed by atoms with Crippen molar-refractivity contribution in [2.45, 2.75) is 27.3 Å². The summed E-state index contributed by atoms with van der Waals surface area (Å²) < 4.78 is 14.1. The van der Waals surface area contributed by atoms with Crippen LogP contribution in [0.1, 0.15) is 31.9 Å². The number of carbonyl (C=O) groups excluding carboxylic acids is 1. The third-order valence-corrected chi connectivity index (χ3v) is 5.36. The molecule has 0 aliphatic rings. The first-order valence-electron chi connectivity index (χ1n) is 9.25. The molecule has 0 radical (unpaired) electrons. The first kappa shape index (κ1) is 24.7. The van der Waals surface area contributed by atoms with Gasteiger partial charge in [0.2, 0.25) is 0 Å². The molecule has 4 N–H and O–H groups in total. The van der Waals surface area contributed by atoms with Crippen LogP contribution in [0.2, 0.25) is 0 Å². The number of nitrogens with two attached hydrogens (primary N) is 1. The highest BCUT2D eigenvalue weighted by Gasteiger charge is 2.17. The summed E-state index contributed by atoms with van der Waals surface area (Å²) >= 11 is 6.48. The van der Waals surface area contributed by atoms with Crippen molar-refractivity contribution in [2.75, 3.05) is 0 Å². The van der Waals surface area contributed by atoms with Gasteiger partial charge in [-0.1, -0.05) is 32.9 Å². The average molecular weight is 554 g/mol. The van der Waals surface area contributed by atoms with Crippen molar-refractivity contribution in [2.24, 2.45) is 21.2 Å². The van der Waals surface area contributed by atoms with E-state index in [4.69, 9.17) is 5.73 Å². The molecule has 0 heterocycles. The van der Waals surface area contributed by atoms with Gasteiger partial charge in [-0.15, -0.1) is 0 Å². The van der Waals surface area contributed by atoms with Crippen LogP contribution in [0, 0.1) is 11.2 Å². The Hall–Kier alpha value is -2.52. The van der Waals surface area contributed by atoms with Gasteiger partial charge in [0.15, 0.2) is 0 Å². The van der Waals surface area contributed by atoms with E-state index in [1.807, 2.05) is 20.8 Å². The molecule has 0 bridgehead atoms. The maximum Gasteiger partial charge on any atom is 0.289 e. The standard InChI is InChI=1S/C22H23Br2FN4O2/c1-22(2,3)19(26)10-18(27-11-13-4-6-15(25)7-5-13)21(31)29-28-12-14-8-16(23)20(30)17(24)9-14/h4-10,12,30H,11,26H2,1-3H3,(H,29,31)/b19-10-,27-18?,28-12+. The molecule has 2 aromatic carbocycles. The Morgan fingerprint density at radius 3 is 2.32 bits per heavy atom. The zero-order valence-electron chi connectivity index (χ0n) is 17.3. The maximum atomic E-state index is 13.1. The number of rotatable bonds is 6. The number of halogens is 3. The lowest BCUT2D eigenvalue weighted by molar-refractivity contribution is -0.114. The van der Waals surface area contributed by atoms with Crippen LogP contribution in [0.15, 0.2) is 67.2 Å². The van der Waals surface area contributed by atoms with Crippen molar-refractivity contribution < 1.29 is 14.3 Å². The van der Waals surface area contributed by atoms with E-state index in [-0.39, 0.29) is 29.2 Å². The van der Waals surface area contributed by atoms with Gasteiger partial charge in [-0.2, -0.15) is 5.10 Å². The van der Waals surface area contributed by atoms with Crippen molar-refractivity contribution in [3.05, 3.63) is 74.1 Å². The monoisotopic (exact) mass is 552 g/mol. The molecule has 0 unspecified atom stereocenters. The van der Waals surface area contributed by atoms with Crippen LogP contribution in [-0.2, 0) is 11.3 Å². The van der Waals surface area contributed by atoms with E-state index in [1.165, 1.54) is 24.4 Å². The number of aliphatic imine (C=N–C) groups is 1. The molecule has 0 aliphatic heterocycles. The summed E-state index contributed by atoms with van der Waals surface area (Å²) in [5.41, 5.74) is 10.2. The molecule has 9 heteroatoms.